The van der Waals surface area contributed by atoms with Gasteiger partial charge in [-0.1, -0.05) is 11.6 Å². The fourth-order valence-corrected chi connectivity index (χ4v) is 3.68. The van der Waals surface area contributed by atoms with Crippen LogP contribution in [0, 0.1) is 6.92 Å². The van der Waals surface area contributed by atoms with Crippen LogP contribution < -0.4 is 10.0 Å². The molecule has 1 fully saturated rings. The lowest BCUT2D eigenvalue weighted by Gasteiger charge is -2.13. The monoisotopic (exact) mass is 310 g/mol. The molecule has 1 aliphatic rings. The van der Waals surface area contributed by atoms with E-state index in [0.717, 1.165) is 13.0 Å². The SMILES string of the molecule is Cc1cc(Cl)ccc1S(=O)(=O)NC1CCNC1.Cl. The molecule has 4 nitrogen and oxygen atoms in total. The summed E-state index contributed by atoms with van der Waals surface area (Å²) in [6.45, 7) is 3.28. The quantitative estimate of drug-likeness (QED) is 0.893. The molecular weight excluding hydrogens is 295 g/mol. The van der Waals surface area contributed by atoms with Crippen molar-refractivity contribution in [3.05, 3.63) is 28.8 Å². The Morgan fingerprint density at radius 1 is 1.44 bits per heavy atom. The number of sulfonamides is 1. The minimum Gasteiger partial charge on any atom is -0.315 e. The van der Waals surface area contributed by atoms with Gasteiger partial charge in [-0.15, -0.1) is 12.4 Å². The molecule has 0 radical (unpaired) electrons. The van der Waals surface area contributed by atoms with E-state index in [4.69, 9.17) is 11.6 Å². The highest BCUT2D eigenvalue weighted by molar-refractivity contribution is 7.89. The van der Waals surface area contributed by atoms with Crippen molar-refractivity contribution < 1.29 is 8.42 Å². The van der Waals surface area contributed by atoms with Gasteiger partial charge in [0, 0.05) is 17.6 Å². The molecule has 0 aromatic heterocycles. The number of hydrogen-bond donors (Lipinski definition) is 2. The summed E-state index contributed by atoms with van der Waals surface area (Å²) in [5, 5.41) is 3.67. The number of hydrogen-bond acceptors (Lipinski definition) is 3. The Bertz CT molecular complexity index is 514. The molecule has 1 atom stereocenters. The molecular formula is C11H16Cl2N2O2S. The van der Waals surface area contributed by atoms with E-state index >= 15 is 0 Å². The number of aryl methyl sites for hydroxylation is 1. The molecule has 1 aromatic rings. The van der Waals surface area contributed by atoms with E-state index in [-0.39, 0.29) is 18.4 Å². The summed E-state index contributed by atoms with van der Waals surface area (Å²) >= 11 is 5.81. The average Bonchev–Trinajstić information content (AvgIpc) is 2.68. The molecule has 1 heterocycles. The fraction of sp³-hybridized carbons (Fsp3) is 0.455. The van der Waals surface area contributed by atoms with E-state index in [9.17, 15) is 8.42 Å². The van der Waals surface area contributed by atoms with Gasteiger partial charge >= 0.3 is 0 Å². The van der Waals surface area contributed by atoms with Gasteiger partial charge in [-0.05, 0) is 43.7 Å². The van der Waals surface area contributed by atoms with Crippen LogP contribution in [-0.2, 0) is 10.0 Å². The summed E-state index contributed by atoms with van der Waals surface area (Å²) < 4.78 is 27.0. The van der Waals surface area contributed by atoms with Gasteiger partial charge in [-0.3, -0.25) is 0 Å². The summed E-state index contributed by atoms with van der Waals surface area (Å²) in [6.07, 6.45) is 0.825. The van der Waals surface area contributed by atoms with Crippen LogP contribution in [0.2, 0.25) is 5.02 Å². The second-order valence-electron chi connectivity index (χ2n) is 4.22. The average molecular weight is 311 g/mol. The molecule has 0 spiro atoms. The van der Waals surface area contributed by atoms with Crippen molar-refractivity contribution in [3.63, 3.8) is 0 Å². The molecule has 1 unspecified atom stereocenters. The number of halogens is 2. The number of nitrogens with one attached hydrogen (secondary N) is 2. The van der Waals surface area contributed by atoms with Crippen LogP contribution in [0.3, 0.4) is 0 Å². The van der Waals surface area contributed by atoms with Gasteiger partial charge in [-0.2, -0.15) is 0 Å². The summed E-state index contributed by atoms with van der Waals surface area (Å²) in [7, 11) is -3.44. The minimum absolute atomic E-state index is 0. The minimum atomic E-state index is -3.44. The predicted molar refractivity (Wildman–Crippen MR) is 75.0 cm³/mol. The predicted octanol–water partition coefficient (Wildman–Crippen LogP) is 1.71. The molecule has 2 N–H and O–H groups in total. The third-order valence-corrected chi connectivity index (χ3v) is 4.72. The van der Waals surface area contributed by atoms with E-state index in [0.29, 0.717) is 22.0 Å². The van der Waals surface area contributed by atoms with Crippen LogP contribution in [0.5, 0.6) is 0 Å². The van der Waals surface area contributed by atoms with E-state index < -0.39 is 10.0 Å². The van der Waals surface area contributed by atoms with Crippen molar-refractivity contribution in [2.45, 2.75) is 24.3 Å². The van der Waals surface area contributed by atoms with Crippen molar-refractivity contribution in [2.24, 2.45) is 0 Å². The summed E-state index contributed by atoms with van der Waals surface area (Å²) in [5.41, 5.74) is 0.663. The molecule has 0 amide bonds. The second-order valence-corrected chi connectivity index (χ2v) is 6.34. The standard InChI is InChI=1S/C11H15ClN2O2S.ClH/c1-8-6-9(12)2-3-11(8)17(15,16)14-10-4-5-13-7-10;/h2-3,6,10,13-14H,4-5,7H2,1H3;1H. The molecule has 7 heteroatoms. The van der Waals surface area contributed by atoms with E-state index in [1.165, 1.54) is 0 Å². The summed E-state index contributed by atoms with van der Waals surface area (Å²) in [5.74, 6) is 0. The number of rotatable bonds is 3. The molecule has 18 heavy (non-hydrogen) atoms. The zero-order valence-electron chi connectivity index (χ0n) is 9.94. The maximum absolute atomic E-state index is 12.1. The van der Waals surface area contributed by atoms with Gasteiger partial charge in [0.15, 0.2) is 0 Å². The Kier molecular flexibility index (Phi) is 5.43. The lowest BCUT2D eigenvalue weighted by molar-refractivity contribution is 0.559. The van der Waals surface area contributed by atoms with Crippen molar-refractivity contribution in [1.82, 2.24) is 10.0 Å². The van der Waals surface area contributed by atoms with Gasteiger partial charge in [-0.25, -0.2) is 13.1 Å². The highest BCUT2D eigenvalue weighted by Gasteiger charge is 2.23. The zero-order chi connectivity index (χ0) is 12.5. The Hall–Kier alpha value is -0.330. The highest BCUT2D eigenvalue weighted by atomic mass is 35.5. The van der Waals surface area contributed by atoms with E-state index in [1.54, 1.807) is 25.1 Å². The maximum Gasteiger partial charge on any atom is 0.241 e. The smallest absolute Gasteiger partial charge is 0.241 e. The van der Waals surface area contributed by atoms with E-state index in [2.05, 4.69) is 10.0 Å². The Morgan fingerprint density at radius 3 is 2.72 bits per heavy atom. The molecule has 0 aliphatic carbocycles. The Labute approximate surface area is 119 Å². The maximum atomic E-state index is 12.1. The molecule has 1 aliphatic heterocycles. The van der Waals surface area contributed by atoms with Crippen molar-refractivity contribution in [3.8, 4) is 0 Å². The molecule has 0 saturated carbocycles. The first kappa shape index (κ1) is 15.7. The van der Waals surface area contributed by atoms with Crippen LogP contribution in [0.15, 0.2) is 23.1 Å². The summed E-state index contributed by atoms with van der Waals surface area (Å²) in [6, 6.07) is 4.77. The van der Waals surface area contributed by atoms with Gasteiger partial charge < -0.3 is 5.32 Å². The molecule has 1 aromatic carbocycles. The van der Waals surface area contributed by atoms with E-state index in [1.807, 2.05) is 0 Å². The third kappa shape index (κ3) is 3.59. The van der Waals surface area contributed by atoms with Crippen molar-refractivity contribution in [2.75, 3.05) is 13.1 Å². The third-order valence-electron chi connectivity index (χ3n) is 2.81. The first-order valence-corrected chi connectivity index (χ1v) is 7.34. The van der Waals surface area contributed by atoms with Crippen LogP contribution >= 0.6 is 24.0 Å². The first-order chi connectivity index (χ1) is 7.99. The van der Waals surface area contributed by atoms with Gasteiger partial charge in [0.1, 0.15) is 0 Å². The van der Waals surface area contributed by atoms with Gasteiger partial charge in [0.2, 0.25) is 10.0 Å². The molecule has 2 rings (SSSR count). The zero-order valence-corrected chi connectivity index (χ0v) is 12.3. The second kappa shape index (κ2) is 6.21. The van der Waals surface area contributed by atoms with Crippen LogP contribution in [0.4, 0.5) is 0 Å². The molecule has 102 valence electrons. The molecule has 0 bridgehead atoms. The fourth-order valence-electron chi connectivity index (χ4n) is 1.95. The lowest BCUT2D eigenvalue weighted by atomic mass is 10.2. The lowest BCUT2D eigenvalue weighted by Crippen LogP contribution is -2.36. The Morgan fingerprint density at radius 2 is 2.17 bits per heavy atom. The van der Waals surface area contributed by atoms with Crippen LogP contribution in [-0.4, -0.2) is 27.5 Å². The van der Waals surface area contributed by atoms with Crippen LogP contribution in [0.25, 0.3) is 0 Å². The largest absolute Gasteiger partial charge is 0.315 e. The van der Waals surface area contributed by atoms with Gasteiger partial charge in [0.25, 0.3) is 0 Å². The van der Waals surface area contributed by atoms with Crippen LogP contribution in [0.1, 0.15) is 12.0 Å². The Balaban J connectivity index is 0.00000162. The summed E-state index contributed by atoms with van der Waals surface area (Å²) in [4.78, 5) is 0.300. The van der Waals surface area contributed by atoms with Crippen molar-refractivity contribution >= 4 is 34.0 Å². The highest BCUT2D eigenvalue weighted by Crippen LogP contribution is 2.20. The van der Waals surface area contributed by atoms with Crippen molar-refractivity contribution in [1.29, 1.82) is 0 Å². The number of benzene rings is 1. The normalized spacial score (nSPS) is 19.6. The van der Waals surface area contributed by atoms with Gasteiger partial charge in [0.05, 0.1) is 4.90 Å². The first-order valence-electron chi connectivity index (χ1n) is 5.48. The topological polar surface area (TPSA) is 58.2 Å². The molecule has 1 saturated heterocycles.